The molecule has 0 radical (unpaired) electrons. The predicted octanol–water partition coefficient (Wildman–Crippen LogP) is 1.50. The van der Waals surface area contributed by atoms with Gasteiger partial charge in [-0.1, -0.05) is 0 Å². The molecule has 2 fully saturated rings. The zero-order valence-electron chi connectivity index (χ0n) is 14.1. The number of hydrogen-bond acceptors (Lipinski definition) is 5. The zero-order valence-corrected chi connectivity index (χ0v) is 14.1. The molecule has 2 aromatic heterocycles. The zero-order chi connectivity index (χ0) is 17.4. The van der Waals surface area contributed by atoms with Gasteiger partial charge in [0, 0.05) is 38.2 Å². The quantitative estimate of drug-likeness (QED) is 0.914. The minimum atomic E-state index is 0.0762. The average Bonchev–Trinajstić information content (AvgIpc) is 3.26. The normalized spacial score (nSPS) is 22.6. The Balaban J connectivity index is 1.55. The largest absolute Gasteiger partial charge is 0.379 e. The number of rotatable bonds is 4. The van der Waals surface area contributed by atoms with Gasteiger partial charge in [-0.25, -0.2) is 9.97 Å². The summed E-state index contributed by atoms with van der Waals surface area (Å²) in [7, 11) is 1.95. The van der Waals surface area contributed by atoms with Crippen LogP contribution in [0.3, 0.4) is 0 Å². The summed E-state index contributed by atoms with van der Waals surface area (Å²) in [5, 5.41) is 12.4. The van der Waals surface area contributed by atoms with Gasteiger partial charge >= 0.3 is 0 Å². The number of carbonyl (C=O) groups is 1. The van der Waals surface area contributed by atoms with E-state index in [1.807, 2.05) is 34.8 Å². The lowest BCUT2D eigenvalue weighted by molar-refractivity contribution is -0.131. The number of nitrogens with zero attached hydrogens (tertiary/aromatic N) is 5. The topological polar surface area (TPSA) is 86.8 Å². The van der Waals surface area contributed by atoms with E-state index in [1.54, 1.807) is 18.6 Å². The molecular formula is C18H20N6O. The first kappa shape index (κ1) is 15.6. The van der Waals surface area contributed by atoms with Gasteiger partial charge in [-0.05, 0) is 25.0 Å². The highest BCUT2D eigenvalue weighted by Gasteiger charge is 2.42. The van der Waals surface area contributed by atoms with Gasteiger partial charge in [0.05, 0.1) is 29.9 Å². The fraction of sp³-hybridized carbons (Fsp3) is 0.444. The van der Waals surface area contributed by atoms with Crippen LogP contribution in [0.1, 0.15) is 30.1 Å². The van der Waals surface area contributed by atoms with Crippen LogP contribution in [0.25, 0.3) is 0 Å². The monoisotopic (exact) mass is 336 g/mol. The Morgan fingerprint density at radius 3 is 2.76 bits per heavy atom. The molecular weight excluding hydrogens is 316 g/mol. The molecule has 1 saturated heterocycles. The number of aryl methyl sites for hydroxylation is 1. The lowest BCUT2D eigenvalue weighted by Gasteiger charge is -2.19. The first-order chi connectivity index (χ1) is 12.1. The van der Waals surface area contributed by atoms with Crippen molar-refractivity contribution >= 4 is 11.6 Å². The van der Waals surface area contributed by atoms with Crippen molar-refractivity contribution in [2.45, 2.75) is 24.8 Å². The number of imidazole rings is 1. The Labute approximate surface area is 146 Å². The highest BCUT2D eigenvalue weighted by molar-refractivity contribution is 5.81. The number of likely N-dealkylation sites (tertiary alicyclic amines) is 1. The number of hydrogen-bond donors (Lipinski definition) is 1. The maximum absolute atomic E-state index is 12.5. The van der Waals surface area contributed by atoms with Gasteiger partial charge in [-0.3, -0.25) is 4.79 Å². The highest BCUT2D eigenvalue weighted by Crippen LogP contribution is 2.35. The fourth-order valence-electron chi connectivity index (χ4n) is 3.40. The fourth-order valence-corrected chi connectivity index (χ4v) is 3.40. The molecule has 1 amide bonds. The summed E-state index contributed by atoms with van der Waals surface area (Å²) in [4.78, 5) is 23.1. The SMILES string of the molecule is Cn1cnc([C@@H]2CN(C(=O)C3CC3)C[C@H]2Nc2ccc(C#N)nc2)c1. The third kappa shape index (κ3) is 3.20. The van der Waals surface area contributed by atoms with E-state index in [1.165, 1.54) is 0 Å². The number of pyridine rings is 1. The van der Waals surface area contributed by atoms with Crippen LogP contribution in [0.4, 0.5) is 5.69 Å². The van der Waals surface area contributed by atoms with E-state index < -0.39 is 0 Å². The second kappa shape index (κ2) is 6.20. The molecule has 0 bridgehead atoms. The van der Waals surface area contributed by atoms with Crippen molar-refractivity contribution in [1.82, 2.24) is 19.4 Å². The Morgan fingerprint density at radius 2 is 2.16 bits per heavy atom. The predicted molar refractivity (Wildman–Crippen MR) is 91.6 cm³/mol. The number of anilines is 1. The number of carbonyl (C=O) groups excluding carboxylic acids is 1. The molecule has 7 nitrogen and oxygen atoms in total. The first-order valence-corrected chi connectivity index (χ1v) is 8.53. The van der Waals surface area contributed by atoms with Crippen LogP contribution in [0.2, 0.25) is 0 Å². The summed E-state index contributed by atoms with van der Waals surface area (Å²) >= 11 is 0. The number of nitrogens with one attached hydrogen (secondary N) is 1. The van der Waals surface area contributed by atoms with E-state index in [4.69, 9.17) is 5.26 Å². The van der Waals surface area contributed by atoms with Crippen LogP contribution in [-0.4, -0.2) is 44.5 Å². The van der Waals surface area contributed by atoms with E-state index in [9.17, 15) is 4.79 Å². The van der Waals surface area contributed by atoms with Crippen LogP contribution in [-0.2, 0) is 11.8 Å². The van der Waals surface area contributed by atoms with Crippen LogP contribution < -0.4 is 5.32 Å². The molecule has 25 heavy (non-hydrogen) atoms. The molecule has 7 heteroatoms. The lowest BCUT2D eigenvalue weighted by atomic mass is 10.0. The van der Waals surface area contributed by atoms with E-state index in [0.29, 0.717) is 18.8 Å². The summed E-state index contributed by atoms with van der Waals surface area (Å²) in [5.74, 6) is 0.627. The molecule has 3 heterocycles. The Bertz CT molecular complexity index is 817. The number of nitriles is 1. The highest BCUT2D eigenvalue weighted by atomic mass is 16.2. The van der Waals surface area contributed by atoms with Crippen molar-refractivity contribution in [2.24, 2.45) is 13.0 Å². The third-order valence-electron chi connectivity index (χ3n) is 4.89. The minimum absolute atomic E-state index is 0.0762. The van der Waals surface area contributed by atoms with Crippen molar-refractivity contribution < 1.29 is 4.79 Å². The Kier molecular flexibility index (Phi) is 3.88. The van der Waals surface area contributed by atoms with Crippen LogP contribution in [0.15, 0.2) is 30.9 Å². The molecule has 4 rings (SSSR count). The molecule has 1 aliphatic heterocycles. The second-order valence-corrected chi connectivity index (χ2v) is 6.88. The Morgan fingerprint density at radius 1 is 1.32 bits per heavy atom. The molecule has 1 N–H and O–H groups in total. The summed E-state index contributed by atoms with van der Waals surface area (Å²) in [6, 6.07) is 5.65. The van der Waals surface area contributed by atoms with Gasteiger partial charge in [0.15, 0.2) is 0 Å². The van der Waals surface area contributed by atoms with Crippen molar-refractivity contribution in [1.29, 1.82) is 5.26 Å². The van der Waals surface area contributed by atoms with E-state index in [-0.39, 0.29) is 23.8 Å². The lowest BCUT2D eigenvalue weighted by Crippen LogP contribution is -2.32. The molecule has 128 valence electrons. The number of aromatic nitrogens is 3. The van der Waals surface area contributed by atoms with Crippen molar-refractivity contribution in [2.75, 3.05) is 18.4 Å². The van der Waals surface area contributed by atoms with Crippen LogP contribution >= 0.6 is 0 Å². The summed E-state index contributed by atoms with van der Waals surface area (Å²) in [6.45, 7) is 1.35. The van der Waals surface area contributed by atoms with Crippen LogP contribution in [0, 0.1) is 17.2 Å². The minimum Gasteiger partial charge on any atom is -0.379 e. The van der Waals surface area contributed by atoms with E-state index in [2.05, 4.69) is 15.3 Å². The van der Waals surface area contributed by atoms with Gasteiger partial charge in [0.2, 0.25) is 5.91 Å². The summed E-state index contributed by atoms with van der Waals surface area (Å²) < 4.78 is 1.93. The van der Waals surface area contributed by atoms with Gasteiger partial charge in [0.25, 0.3) is 0 Å². The van der Waals surface area contributed by atoms with Gasteiger partial charge in [0.1, 0.15) is 11.8 Å². The van der Waals surface area contributed by atoms with Gasteiger partial charge in [-0.2, -0.15) is 5.26 Å². The van der Waals surface area contributed by atoms with E-state index in [0.717, 1.165) is 24.2 Å². The number of amides is 1. The summed E-state index contributed by atoms with van der Waals surface area (Å²) in [5.41, 5.74) is 2.24. The molecule has 1 aliphatic carbocycles. The molecule has 2 atom stereocenters. The smallest absolute Gasteiger partial charge is 0.225 e. The summed E-state index contributed by atoms with van der Waals surface area (Å²) in [6.07, 6.45) is 7.50. The van der Waals surface area contributed by atoms with Gasteiger partial charge < -0.3 is 14.8 Å². The maximum atomic E-state index is 12.5. The van der Waals surface area contributed by atoms with Gasteiger partial charge in [-0.15, -0.1) is 0 Å². The second-order valence-electron chi connectivity index (χ2n) is 6.88. The standard InChI is InChI=1S/C18H20N6O/c1-23-9-16(21-11-23)15-8-24(18(25)12-2-3-12)10-17(15)22-14-5-4-13(6-19)20-7-14/h4-5,7,9,11-12,15,17,22H,2-3,8,10H2,1H3/t15-,17+/m0/s1. The van der Waals surface area contributed by atoms with Crippen molar-refractivity contribution in [3.63, 3.8) is 0 Å². The molecule has 0 unspecified atom stereocenters. The van der Waals surface area contributed by atoms with Crippen molar-refractivity contribution in [3.05, 3.63) is 42.2 Å². The first-order valence-electron chi connectivity index (χ1n) is 8.53. The molecule has 1 saturated carbocycles. The van der Waals surface area contributed by atoms with Crippen molar-refractivity contribution in [3.8, 4) is 6.07 Å². The third-order valence-corrected chi connectivity index (χ3v) is 4.89. The molecule has 0 spiro atoms. The molecule has 2 aromatic rings. The van der Waals surface area contributed by atoms with Crippen LogP contribution in [0.5, 0.6) is 0 Å². The molecule has 0 aromatic carbocycles. The average molecular weight is 336 g/mol. The van der Waals surface area contributed by atoms with E-state index >= 15 is 0 Å². The maximum Gasteiger partial charge on any atom is 0.225 e. The molecule has 2 aliphatic rings. The Hall–Kier alpha value is -2.88.